The van der Waals surface area contributed by atoms with Gasteiger partial charge in [-0.25, -0.2) is 0 Å². The highest BCUT2D eigenvalue weighted by Crippen LogP contribution is 2.29. The third-order valence-electron chi connectivity index (χ3n) is 4.65. The molecule has 0 bridgehead atoms. The number of hydrogen-bond acceptors (Lipinski definition) is 3. The molecule has 0 spiro atoms. The molecule has 1 aliphatic rings. The number of ether oxygens (including phenoxy) is 1. The van der Waals surface area contributed by atoms with Gasteiger partial charge < -0.3 is 15.0 Å². The number of fused-ring (bicyclic) bond motifs is 1. The van der Waals surface area contributed by atoms with E-state index in [2.05, 4.69) is 28.4 Å². The summed E-state index contributed by atoms with van der Waals surface area (Å²) in [6.45, 7) is 4.84. The smallest absolute Gasteiger partial charge is 0.267 e. The topological polar surface area (TPSA) is 67.0 Å². The van der Waals surface area contributed by atoms with Crippen molar-refractivity contribution in [1.82, 2.24) is 15.3 Å². The van der Waals surface area contributed by atoms with Gasteiger partial charge >= 0.3 is 0 Å². The number of H-pyrrole nitrogens is 1. The molecule has 2 N–H and O–H groups in total. The number of hydrogen-bond donors (Lipinski definition) is 2. The first-order valence-corrected chi connectivity index (χ1v) is 11.7. The number of amides is 1. The highest BCUT2D eigenvalue weighted by Gasteiger charge is 2.29. The van der Waals surface area contributed by atoms with E-state index in [4.69, 9.17) is 16.3 Å². The Kier molecular flexibility index (Phi) is 4.38. The fourth-order valence-corrected chi connectivity index (χ4v) is 5.82. The van der Waals surface area contributed by atoms with Gasteiger partial charge in [-0.15, -0.1) is 0 Å². The molecule has 23 heavy (non-hydrogen) atoms. The zero-order valence-electron chi connectivity index (χ0n) is 13.7. The SMILES string of the molecule is COc1cc(Cl)c2cc(C(=O)NC3CC[Si](C)(C)CC3)[nH]c2n1. The van der Waals surface area contributed by atoms with Gasteiger partial charge in [-0.2, -0.15) is 4.98 Å². The van der Waals surface area contributed by atoms with Gasteiger partial charge in [-0.05, 0) is 18.9 Å². The third kappa shape index (κ3) is 3.53. The van der Waals surface area contributed by atoms with Crippen LogP contribution in [-0.2, 0) is 0 Å². The molecule has 2 aromatic rings. The average molecular weight is 352 g/mol. The summed E-state index contributed by atoms with van der Waals surface area (Å²) in [6, 6.07) is 6.21. The van der Waals surface area contributed by atoms with Crippen LogP contribution in [0.1, 0.15) is 23.3 Å². The highest BCUT2D eigenvalue weighted by molar-refractivity contribution is 6.77. The van der Waals surface area contributed by atoms with E-state index in [1.54, 1.807) is 12.1 Å². The maximum Gasteiger partial charge on any atom is 0.267 e. The molecule has 0 aliphatic carbocycles. The Morgan fingerprint density at radius 2 is 2.09 bits per heavy atom. The van der Waals surface area contributed by atoms with Crippen LogP contribution in [0.3, 0.4) is 0 Å². The van der Waals surface area contributed by atoms with Gasteiger partial charge in [0.05, 0.1) is 12.1 Å². The van der Waals surface area contributed by atoms with Crippen molar-refractivity contribution in [2.75, 3.05) is 7.11 Å². The monoisotopic (exact) mass is 351 g/mol. The molecular formula is C16H22ClN3O2Si. The largest absolute Gasteiger partial charge is 0.481 e. The molecule has 0 radical (unpaired) electrons. The Morgan fingerprint density at radius 1 is 1.39 bits per heavy atom. The Morgan fingerprint density at radius 3 is 2.74 bits per heavy atom. The van der Waals surface area contributed by atoms with Gasteiger partial charge in [-0.1, -0.05) is 36.8 Å². The predicted molar refractivity (Wildman–Crippen MR) is 95.2 cm³/mol. The summed E-state index contributed by atoms with van der Waals surface area (Å²) in [6.07, 6.45) is 2.16. The number of aromatic amines is 1. The fraction of sp³-hybridized carbons (Fsp3) is 0.500. The summed E-state index contributed by atoms with van der Waals surface area (Å²) >= 11 is 6.22. The molecule has 1 aliphatic heterocycles. The second kappa shape index (κ2) is 6.17. The molecular weight excluding hydrogens is 330 g/mol. The first kappa shape index (κ1) is 16.3. The van der Waals surface area contributed by atoms with Crippen LogP contribution >= 0.6 is 11.6 Å². The Hall–Kier alpha value is -1.53. The Bertz CT molecular complexity index is 734. The molecule has 3 heterocycles. The maximum atomic E-state index is 12.5. The number of methoxy groups -OCH3 is 1. The van der Waals surface area contributed by atoms with Crippen LogP contribution in [0, 0.1) is 0 Å². The molecule has 0 aromatic carbocycles. The summed E-state index contributed by atoms with van der Waals surface area (Å²) in [4.78, 5) is 19.8. The predicted octanol–water partition coefficient (Wildman–Crippen LogP) is 3.83. The summed E-state index contributed by atoms with van der Waals surface area (Å²) < 4.78 is 5.10. The van der Waals surface area contributed by atoms with E-state index in [-0.39, 0.29) is 11.9 Å². The standard InChI is InChI=1S/C16H22ClN3O2Si/c1-22-14-9-12(17)11-8-13(19-15(11)20-14)16(21)18-10-4-6-23(2,3)7-5-10/h8-10H,4-7H2,1-3H3,(H,18,21)(H,19,20). The van der Waals surface area contributed by atoms with Gasteiger partial charge in [0.25, 0.3) is 5.91 Å². The number of pyridine rings is 1. The summed E-state index contributed by atoms with van der Waals surface area (Å²) in [5.74, 6) is 0.334. The van der Waals surface area contributed by atoms with Crippen molar-refractivity contribution in [1.29, 1.82) is 0 Å². The van der Waals surface area contributed by atoms with E-state index in [1.807, 2.05) is 0 Å². The van der Waals surface area contributed by atoms with Crippen molar-refractivity contribution in [2.45, 2.75) is 44.1 Å². The van der Waals surface area contributed by atoms with Gasteiger partial charge in [0.1, 0.15) is 11.3 Å². The maximum absolute atomic E-state index is 12.5. The van der Waals surface area contributed by atoms with E-state index in [0.29, 0.717) is 22.2 Å². The number of nitrogens with one attached hydrogen (secondary N) is 2. The first-order valence-electron chi connectivity index (χ1n) is 7.92. The van der Waals surface area contributed by atoms with Crippen LogP contribution in [0.25, 0.3) is 11.0 Å². The summed E-state index contributed by atoms with van der Waals surface area (Å²) in [5, 5.41) is 4.38. The zero-order valence-corrected chi connectivity index (χ0v) is 15.5. The normalized spacial score (nSPS) is 18.1. The number of nitrogens with zero attached hydrogens (tertiary/aromatic N) is 1. The van der Waals surface area contributed by atoms with Crippen LogP contribution in [-0.4, -0.2) is 37.1 Å². The lowest BCUT2D eigenvalue weighted by Crippen LogP contribution is -2.42. The molecule has 124 valence electrons. The minimum Gasteiger partial charge on any atom is -0.481 e. The van der Waals surface area contributed by atoms with Gasteiger partial charge in [-0.3, -0.25) is 4.79 Å². The van der Waals surface area contributed by atoms with Crippen molar-refractivity contribution in [3.05, 3.63) is 22.8 Å². The summed E-state index contributed by atoms with van der Waals surface area (Å²) in [7, 11) is 0.529. The van der Waals surface area contributed by atoms with E-state index >= 15 is 0 Å². The van der Waals surface area contributed by atoms with Crippen LogP contribution in [0.2, 0.25) is 30.2 Å². The van der Waals surface area contributed by atoms with Gasteiger partial charge in [0.2, 0.25) is 5.88 Å². The lowest BCUT2D eigenvalue weighted by molar-refractivity contribution is 0.0929. The highest BCUT2D eigenvalue weighted by atomic mass is 35.5. The van der Waals surface area contributed by atoms with Crippen molar-refractivity contribution in [2.24, 2.45) is 0 Å². The minimum absolute atomic E-state index is 0.0931. The van der Waals surface area contributed by atoms with Crippen LogP contribution in [0.15, 0.2) is 12.1 Å². The molecule has 7 heteroatoms. The zero-order chi connectivity index (χ0) is 16.6. The number of halogens is 1. The van der Waals surface area contributed by atoms with Crippen LogP contribution in [0.5, 0.6) is 5.88 Å². The number of carbonyl (C=O) groups excluding carboxylic acids is 1. The lowest BCUT2D eigenvalue weighted by Gasteiger charge is -2.33. The molecule has 0 unspecified atom stereocenters. The second-order valence-corrected chi connectivity index (χ2v) is 12.7. The van der Waals surface area contributed by atoms with E-state index in [1.165, 1.54) is 19.2 Å². The Balaban J connectivity index is 1.75. The molecule has 2 aromatic heterocycles. The molecule has 1 amide bonds. The number of carbonyl (C=O) groups is 1. The van der Waals surface area contributed by atoms with Crippen LogP contribution in [0.4, 0.5) is 0 Å². The minimum atomic E-state index is -1.01. The fourth-order valence-electron chi connectivity index (χ4n) is 3.08. The Labute approximate surface area is 141 Å². The van der Waals surface area contributed by atoms with Crippen LogP contribution < -0.4 is 10.1 Å². The van der Waals surface area contributed by atoms with Crippen molar-refractivity contribution < 1.29 is 9.53 Å². The van der Waals surface area contributed by atoms with Crippen molar-refractivity contribution in [3.8, 4) is 5.88 Å². The molecule has 1 fully saturated rings. The van der Waals surface area contributed by atoms with E-state index in [9.17, 15) is 4.79 Å². The molecule has 5 nitrogen and oxygen atoms in total. The van der Waals surface area contributed by atoms with E-state index < -0.39 is 8.07 Å². The van der Waals surface area contributed by atoms with Gasteiger partial charge in [0, 0.05) is 25.6 Å². The number of rotatable bonds is 3. The second-order valence-electron chi connectivity index (χ2n) is 7.00. The quantitative estimate of drug-likeness (QED) is 0.826. The molecule has 0 atom stereocenters. The molecule has 0 saturated carbocycles. The lowest BCUT2D eigenvalue weighted by atomic mass is 10.1. The first-order chi connectivity index (χ1) is 10.9. The van der Waals surface area contributed by atoms with Crippen molar-refractivity contribution >= 4 is 36.6 Å². The van der Waals surface area contributed by atoms with Crippen molar-refractivity contribution in [3.63, 3.8) is 0 Å². The average Bonchev–Trinajstić information content (AvgIpc) is 2.94. The van der Waals surface area contributed by atoms with E-state index in [0.717, 1.165) is 18.2 Å². The molecule has 1 saturated heterocycles. The number of aromatic nitrogens is 2. The molecule has 3 rings (SSSR count). The third-order valence-corrected chi connectivity index (χ3v) is 8.25. The summed E-state index contributed by atoms with van der Waals surface area (Å²) in [5.41, 5.74) is 1.06. The van der Waals surface area contributed by atoms with Gasteiger partial charge in [0.15, 0.2) is 0 Å².